The summed E-state index contributed by atoms with van der Waals surface area (Å²) in [5.74, 6) is 2.24. The van der Waals surface area contributed by atoms with E-state index >= 15 is 0 Å². The molecule has 1 fully saturated rings. The number of ether oxygens (including phenoxy) is 2. The normalized spacial score (nSPS) is 16.6. The lowest BCUT2D eigenvalue weighted by Crippen LogP contribution is -2.39. The highest BCUT2D eigenvalue weighted by Crippen LogP contribution is 2.17. The van der Waals surface area contributed by atoms with E-state index < -0.39 is 0 Å². The molecule has 1 saturated heterocycles. The fourth-order valence-corrected chi connectivity index (χ4v) is 2.88. The second kappa shape index (κ2) is 17.0. The van der Waals surface area contributed by atoms with E-state index in [0.717, 1.165) is 58.4 Å². The minimum atomic E-state index is 0. The van der Waals surface area contributed by atoms with Crippen molar-refractivity contribution in [3.05, 3.63) is 0 Å². The van der Waals surface area contributed by atoms with Crippen LogP contribution in [-0.4, -0.2) is 77.1 Å². The maximum Gasteiger partial charge on any atom is 0.191 e. The van der Waals surface area contributed by atoms with Gasteiger partial charge >= 0.3 is 0 Å². The Morgan fingerprint density at radius 3 is 2.54 bits per heavy atom. The Kier molecular flexibility index (Phi) is 16.9. The molecule has 0 bridgehead atoms. The molecule has 0 aromatic rings. The first kappa shape index (κ1) is 25.9. The van der Waals surface area contributed by atoms with Crippen molar-refractivity contribution in [2.24, 2.45) is 16.8 Å². The topological polar surface area (TPSA) is 58.1 Å². The third-order valence-corrected chi connectivity index (χ3v) is 4.38. The van der Waals surface area contributed by atoms with E-state index in [9.17, 15) is 0 Å². The summed E-state index contributed by atoms with van der Waals surface area (Å²) in [6, 6.07) is 0. The molecule has 0 spiro atoms. The Hall–Kier alpha value is -0.120. The Bertz CT molecular complexity index is 348. The number of aliphatic imine (C=N–C) groups is 1. The van der Waals surface area contributed by atoms with Gasteiger partial charge in [-0.2, -0.15) is 0 Å². The Labute approximate surface area is 177 Å². The highest BCUT2D eigenvalue weighted by Gasteiger charge is 2.18. The molecule has 0 aromatic carbocycles. The van der Waals surface area contributed by atoms with Gasteiger partial charge in [0.2, 0.25) is 0 Å². The van der Waals surface area contributed by atoms with Crippen molar-refractivity contribution >= 4 is 29.9 Å². The summed E-state index contributed by atoms with van der Waals surface area (Å²) in [7, 11) is 1.77. The van der Waals surface area contributed by atoms with E-state index in [0.29, 0.717) is 11.8 Å². The average Bonchev–Trinajstić information content (AvgIpc) is 2.61. The van der Waals surface area contributed by atoms with E-state index in [2.05, 4.69) is 36.3 Å². The Balaban J connectivity index is 0.00000625. The number of nitrogens with zero attached hydrogens (tertiary/aromatic N) is 2. The van der Waals surface area contributed by atoms with Gasteiger partial charge in [-0.3, -0.25) is 4.99 Å². The summed E-state index contributed by atoms with van der Waals surface area (Å²) >= 11 is 0. The quantitative estimate of drug-likeness (QED) is 0.193. The number of rotatable bonds is 12. The molecule has 7 heteroatoms. The average molecular weight is 484 g/mol. The van der Waals surface area contributed by atoms with Crippen molar-refractivity contribution in [1.82, 2.24) is 15.5 Å². The summed E-state index contributed by atoms with van der Waals surface area (Å²) in [4.78, 5) is 7.27. The molecule has 1 aliphatic rings. The van der Waals surface area contributed by atoms with Crippen LogP contribution in [0.25, 0.3) is 0 Å². The van der Waals surface area contributed by atoms with Crippen molar-refractivity contribution < 1.29 is 9.47 Å². The maximum atomic E-state index is 5.62. The van der Waals surface area contributed by atoms with Crippen LogP contribution in [0.4, 0.5) is 0 Å². The molecule has 0 radical (unpaired) electrons. The van der Waals surface area contributed by atoms with Gasteiger partial charge in [-0.25, -0.2) is 0 Å². The molecular formula is C19H41IN4O2. The van der Waals surface area contributed by atoms with Crippen LogP contribution in [0.3, 0.4) is 0 Å². The van der Waals surface area contributed by atoms with Crippen LogP contribution < -0.4 is 10.6 Å². The largest absolute Gasteiger partial charge is 0.383 e. The lowest BCUT2D eigenvalue weighted by molar-refractivity contribution is 0.108. The summed E-state index contributed by atoms with van der Waals surface area (Å²) in [5, 5.41) is 6.76. The van der Waals surface area contributed by atoms with E-state index in [1.807, 2.05) is 0 Å². The van der Waals surface area contributed by atoms with Gasteiger partial charge in [0, 0.05) is 46.5 Å². The first-order valence-corrected chi connectivity index (χ1v) is 9.96. The molecule has 0 saturated carbocycles. The number of piperidine rings is 1. The highest BCUT2D eigenvalue weighted by molar-refractivity contribution is 14.0. The van der Waals surface area contributed by atoms with Crippen molar-refractivity contribution in [2.75, 3.05) is 66.2 Å². The first-order chi connectivity index (χ1) is 12.2. The zero-order valence-electron chi connectivity index (χ0n) is 17.3. The molecule has 0 unspecified atom stereocenters. The van der Waals surface area contributed by atoms with Crippen molar-refractivity contribution in [3.63, 3.8) is 0 Å². The fourth-order valence-electron chi connectivity index (χ4n) is 2.88. The smallest absolute Gasteiger partial charge is 0.191 e. The highest BCUT2D eigenvalue weighted by atomic mass is 127. The molecule has 1 aliphatic heterocycles. The van der Waals surface area contributed by atoms with Crippen molar-refractivity contribution in [3.8, 4) is 0 Å². The minimum absolute atomic E-state index is 0. The lowest BCUT2D eigenvalue weighted by atomic mass is 9.97. The van der Waals surface area contributed by atoms with Gasteiger partial charge in [0.05, 0.1) is 6.61 Å². The molecule has 0 atom stereocenters. The zero-order valence-corrected chi connectivity index (χ0v) is 19.6. The van der Waals surface area contributed by atoms with Crippen LogP contribution in [0.1, 0.15) is 40.0 Å². The molecule has 156 valence electrons. The van der Waals surface area contributed by atoms with Gasteiger partial charge in [0.15, 0.2) is 5.96 Å². The molecule has 0 amide bonds. The predicted octanol–water partition coefficient (Wildman–Crippen LogP) is 2.58. The molecule has 6 nitrogen and oxygen atoms in total. The Morgan fingerprint density at radius 1 is 1.19 bits per heavy atom. The predicted molar refractivity (Wildman–Crippen MR) is 121 cm³/mol. The number of hydrogen-bond donors (Lipinski definition) is 2. The Morgan fingerprint density at radius 2 is 1.92 bits per heavy atom. The van der Waals surface area contributed by atoms with Gasteiger partial charge in [-0.15, -0.1) is 24.0 Å². The van der Waals surface area contributed by atoms with Crippen LogP contribution in [0, 0.1) is 11.8 Å². The number of methoxy groups -OCH3 is 1. The molecule has 1 rings (SSSR count). The fraction of sp³-hybridized carbons (Fsp3) is 0.947. The molecule has 0 aliphatic carbocycles. The third kappa shape index (κ3) is 13.1. The molecule has 1 heterocycles. The maximum absolute atomic E-state index is 5.62. The SMILES string of the molecule is CCNC(=NCC1CCN(CCOC)CC1)NCCCOCC(C)C.I. The molecular weight excluding hydrogens is 443 g/mol. The van der Waals surface area contributed by atoms with E-state index in [4.69, 9.17) is 14.5 Å². The number of nitrogens with one attached hydrogen (secondary N) is 2. The molecule has 2 N–H and O–H groups in total. The summed E-state index contributed by atoms with van der Waals surface area (Å²) in [6.07, 6.45) is 3.47. The van der Waals surface area contributed by atoms with E-state index in [-0.39, 0.29) is 24.0 Å². The van der Waals surface area contributed by atoms with Crippen molar-refractivity contribution in [2.45, 2.75) is 40.0 Å². The summed E-state index contributed by atoms with van der Waals surface area (Å²) in [5.41, 5.74) is 0. The van der Waals surface area contributed by atoms with Gasteiger partial charge in [-0.1, -0.05) is 13.8 Å². The zero-order chi connectivity index (χ0) is 18.3. The summed E-state index contributed by atoms with van der Waals surface area (Å²) < 4.78 is 10.8. The van der Waals surface area contributed by atoms with Gasteiger partial charge < -0.3 is 25.0 Å². The monoisotopic (exact) mass is 484 g/mol. The second-order valence-electron chi connectivity index (χ2n) is 7.25. The summed E-state index contributed by atoms with van der Waals surface area (Å²) in [6.45, 7) is 15.0. The van der Waals surface area contributed by atoms with Crippen LogP contribution in [0.5, 0.6) is 0 Å². The molecule has 26 heavy (non-hydrogen) atoms. The van der Waals surface area contributed by atoms with Gasteiger partial charge in [-0.05, 0) is 51.1 Å². The first-order valence-electron chi connectivity index (χ1n) is 9.96. The lowest BCUT2D eigenvalue weighted by Gasteiger charge is -2.31. The number of hydrogen-bond acceptors (Lipinski definition) is 4. The van der Waals surface area contributed by atoms with Crippen molar-refractivity contribution in [1.29, 1.82) is 0 Å². The van der Waals surface area contributed by atoms with Crippen LogP contribution in [0.2, 0.25) is 0 Å². The number of halogens is 1. The third-order valence-electron chi connectivity index (χ3n) is 4.38. The number of guanidine groups is 1. The number of likely N-dealkylation sites (tertiary alicyclic amines) is 1. The van der Waals surface area contributed by atoms with E-state index in [1.165, 1.54) is 25.9 Å². The molecule has 0 aromatic heterocycles. The van der Waals surface area contributed by atoms with E-state index in [1.54, 1.807) is 7.11 Å². The van der Waals surface area contributed by atoms with Crippen LogP contribution >= 0.6 is 24.0 Å². The second-order valence-corrected chi connectivity index (χ2v) is 7.25. The standard InChI is InChI=1S/C19H40N4O2.HI/c1-5-20-19(21-9-6-13-25-16-17(2)3)22-15-18-7-10-23(11-8-18)12-14-24-4;/h17-18H,5-16H2,1-4H3,(H2,20,21,22);1H. The van der Waals surface area contributed by atoms with Gasteiger partial charge in [0.1, 0.15) is 0 Å². The van der Waals surface area contributed by atoms with Crippen LogP contribution in [0.15, 0.2) is 4.99 Å². The van der Waals surface area contributed by atoms with Gasteiger partial charge in [0.25, 0.3) is 0 Å². The van der Waals surface area contributed by atoms with Crippen LogP contribution in [-0.2, 0) is 9.47 Å². The minimum Gasteiger partial charge on any atom is -0.383 e.